The molecule has 2 aliphatic rings. The van der Waals surface area contributed by atoms with Crippen LogP contribution in [-0.2, 0) is 9.84 Å². The lowest BCUT2D eigenvalue weighted by atomic mass is 9.92. The molecular formula is C13H14FNO3S. The number of hydrogen-bond donors (Lipinski definition) is 0. The van der Waals surface area contributed by atoms with Crippen LogP contribution in [-0.4, -0.2) is 29.7 Å². The number of carbonyl (C=O) groups is 1. The number of hydrogen-bond acceptors (Lipinski definition) is 4. The summed E-state index contributed by atoms with van der Waals surface area (Å²) in [5, 5.41) is -0.749. The fraction of sp³-hybridized carbons (Fsp3) is 0.538. The maximum absolute atomic E-state index is 12.8. The molecule has 1 aromatic rings. The normalized spacial score (nSPS) is 32.2. The Hall–Kier alpha value is -1.30. The molecule has 2 saturated heterocycles. The van der Waals surface area contributed by atoms with E-state index in [0.29, 0.717) is 25.7 Å². The molecule has 0 saturated carbocycles. The van der Waals surface area contributed by atoms with Crippen molar-refractivity contribution in [2.24, 2.45) is 5.92 Å². The van der Waals surface area contributed by atoms with Crippen LogP contribution in [0.15, 0.2) is 18.3 Å². The fourth-order valence-electron chi connectivity index (χ4n) is 3.15. The average molecular weight is 283 g/mol. The van der Waals surface area contributed by atoms with E-state index in [-0.39, 0.29) is 27.9 Å². The van der Waals surface area contributed by atoms with Crippen LogP contribution >= 0.6 is 0 Å². The molecule has 0 aromatic carbocycles. The van der Waals surface area contributed by atoms with E-state index < -0.39 is 15.7 Å². The van der Waals surface area contributed by atoms with Gasteiger partial charge in [-0.1, -0.05) is 0 Å². The summed E-state index contributed by atoms with van der Waals surface area (Å²) in [6.07, 6.45) is 3.11. The van der Waals surface area contributed by atoms with E-state index in [1.807, 2.05) is 0 Å². The van der Waals surface area contributed by atoms with Crippen molar-refractivity contribution in [3.63, 3.8) is 0 Å². The van der Waals surface area contributed by atoms with Crippen LogP contribution in [0.3, 0.4) is 0 Å². The number of halogens is 1. The third-order valence-electron chi connectivity index (χ3n) is 4.19. The van der Waals surface area contributed by atoms with Gasteiger partial charge in [0.05, 0.1) is 16.7 Å². The minimum atomic E-state index is -3.02. The van der Waals surface area contributed by atoms with Crippen LogP contribution in [0.5, 0.6) is 0 Å². The molecule has 1 aromatic heterocycles. The van der Waals surface area contributed by atoms with Gasteiger partial charge in [0.2, 0.25) is 0 Å². The fourth-order valence-corrected chi connectivity index (χ4v) is 5.63. The van der Waals surface area contributed by atoms with Gasteiger partial charge in [0.25, 0.3) is 0 Å². The lowest BCUT2D eigenvalue weighted by molar-refractivity contribution is 0.0900. The van der Waals surface area contributed by atoms with Gasteiger partial charge in [0, 0.05) is 5.92 Å². The molecule has 3 rings (SSSR count). The number of Topliss-reactive ketones (excluding diaryl/α,β-unsaturated/α-hetero) is 1. The molecule has 102 valence electrons. The molecule has 0 aliphatic carbocycles. The highest BCUT2D eigenvalue weighted by molar-refractivity contribution is 7.93. The number of ketones is 1. The first kappa shape index (κ1) is 12.7. The van der Waals surface area contributed by atoms with E-state index in [1.54, 1.807) is 0 Å². The first-order valence-corrected chi connectivity index (χ1v) is 7.98. The van der Waals surface area contributed by atoms with E-state index in [1.165, 1.54) is 12.1 Å². The smallest absolute Gasteiger partial charge is 0.184 e. The van der Waals surface area contributed by atoms with Crippen LogP contribution in [0.1, 0.15) is 36.2 Å². The number of carbonyl (C=O) groups excluding carboxylic acids is 1. The Morgan fingerprint density at radius 2 is 1.84 bits per heavy atom. The van der Waals surface area contributed by atoms with Crippen molar-refractivity contribution < 1.29 is 17.6 Å². The molecule has 19 heavy (non-hydrogen) atoms. The number of pyridine rings is 1. The van der Waals surface area contributed by atoms with Crippen LogP contribution in [0, 0.1) is 11.7 Å². The molecule has 3 heterocycles. The second-order valence-electron chi connectivity index (χ2n) is 5.30. The summed E-state index contributed by atoms with van der Waals surface area (Å²) >= 11 is 0. The molecule has 2 aliphatic heterocycles. The van der Waals surface area contributed by atoms with Gasteiger partial charge in [0.15, 0.2) is 15.6 Å². The number of aromatic nitrogens is 1. The number of nitrogens with zero attached hydrogens (tertiary/aromatic N) is 1. The van der Waals surface area contributed by atoms with Crippen molar-refractivity contribution >= 4 is 15.6 Å². The summed E-state index contributed by atoms with van der Waals surface area (Å²) in [5.74, 6) is -0.936. The molecule has 2 fully saturated rings. The van der Waals surface area contributed by atoms with Crippen molar-refractivity contribution in [2.45, 2.75) is 36.2 Å². The second-order valence-corrected chi connectivity index (χ2v) is 7.82. The third kappa shape index (κ3) is 2.08. The Kier molecular flexibility index (Phi) is 2.92. The molecule has 0 amide bonds. The van der Waals surface area contributed by atoms with Crippen LogP contribution in [0.25, 0.3) is 0 Å². The largest absolute Gasteiger partial charge is 0.292 e. The van der Waals surface area contributed by atoms with Gasteiger partial charge >= 0.3 is 0 Å². The molecule has 6 heteroatoms. The molecule has 0 spiro atoms. The lowest BCUT2D eigenvalue weighted by Crippen LogP contribution is -2.36. The van der Waals surface area contributed by atoms with E-state index in [9.17, 15) is 17.6 Å². The molecule has 2 unspecified atom stereocenters. The summed E-state index contributed by atoms with van der Waals surface area (Å²) in [6.45, 7) is 0. The van der Waals surface area contributed by atoms with Crippen molar-refractivity contribution in [2.75, 3.05) is 0 Å². The van der Waals surface area contributed by atoms with Crippen molar-refractivity contribution in [1.29, 1.82) is 0 Å². The van der Waals surface area contributed by atoms with Gasteiger partial charge in [-0.15, -0.1) is 0 Å². The second kappa shape index (κ2) is 4.37. The van der Waals surface area contributed by atoms with Crippen LogP contribution in [0.4, 0.5) is 4.39 Å². The van der Waals surface area contributed by atoms with Crippen molar-refractivity contribution in [3.05, 3.63) is 29.8 Å². The Balaban J connectivity index is 1.82. The first-order chi connectivity index (χ1) is 8.98. The molecule has 2 atom stereocenters. The zero-order valence-electron chi connectivity index (χ0n) is 10.3. The van der Waals surface area contributed by atoms with E-state index in [4.69, 9.17) is 0 Å². The van der Waals surface area contributed by atoms with Crippen molar-refractivity contribution in [1.82, 2.24) is 4.98 Å². The van der Waals surface area contributed by atoms with Gasteiger partial charge in [-0.2, -0.15) is 0 Å². The SMILES string of the molecule is O=C(c1ccc(F)cn1)C1CC2CCC(C1)S2(=O)=O. The Labute approximate surface area is 111 Å². The lowest BCUT2D eigenvalue weighted by Gasteiger charge is -2.26. The van der Waals surface area contributed by atoms with Gasteiger partial charge < -0.3 is 0 Å². The average Bonchev–Trinajstić information content (AvgIpc) is 2.59. The summed E-state index contributed by atoms with van der Waals surface area (Å²) in [5.41, 5.74) is 0.227. The molecule has 0 radical (unpaired) electrons. The minimum absolute atomic E-state index is 0.160. The van der Waals surface area contributed by atoms with Crippen LogP contribution < -0.4 is 0 Å². The maximum Gasteiger partial charge on any atom is 0.184 e. The standard InChI is InChI=1S/C13H14FNO3S/c14-9-1-4-12(15-7-9)13(16)8-5-10-2-3-11(6-8)19(10,17)18/h1,4,7-8,10-11H,2-3,5-6H2. The van der Waals surface area contributed by atoms with E-state index >= 15 is 0 Å². The predicted molar refractivity (Wildman–Crippen MR) is 67.0 cm³/mol. The zero-order valence-corrected chi connectivity index (χ0v) is 11.1. The molecule has 2 bridgehead atoms. The number of sulfone groups is 1. The third-order valence-corrected chi connectivity index (χ3v) is 6.90. The Bertz CT molecular complexity index is 591. The highest BCUT2D eigenvalue weighted by atomic mass is 32.2. The van der Waals surface area contributed by atoms with E-state index in [0.717, 1.165) is 6.20 Å². The van der Waals surface area contributed by atoms with Gasteiger partial charge in [0.1, 0.15) is 11.5 Å². The minimum Gasteiger partial charge on any atom is -0.292 e. The van der Waals surface area contributed by atoms with Gasteiger partial charge in [-0.3, -0.25) is 9.78 Å². The number of rotatable bonds is 2. The molecule has 0 N–H and O–H groups in total. The van der Waals surface area contributed by atoms with Gasteiger partial charge in [-0.05, 0) is 37.8 Å². The highest BCUT2D eigenvalue weighted by Gasteiger charge is 2.48. The summed E-state index contributed by atoms with van der Waals surface area (Å²) < 4.78 is 36.7. The topological polar surface area (TPSA) is 64.1 Å². The van der Waals surface area contributed by atoms with Crippen LogP contribution in [0.2, 0.25) is 0 Å². The predicted octanol–water partition coefficient (Wildman–Crippen LogP) is 1.76. The Morgan fingerprint density at radius 3 is 2.37 bits per heavy atom. The summed E-state index contributed by atoms with van der Waals surface area (Å²) in [7, 11) is -3.02. The highest BCUT2D eigenvalue weighted by Crippen LogP contribution is 2.41. The van der Waals surface area contributed by atoms with Gasteiger partial charge in [-0.25, -0.2) is 12.8 Å². The molecular weight excluding hydrogens is 269 g/mol. The molecule has 4 nitrogen and oxygen atoms in total. The zero-order chi connectivity index (χ0) is 13.6. The monoisotopic (exact) mass is 283 g/mol. The quantitative estimate of drug-likeness (QED) is 0.776. The number of fused-ring (bicyclic) bond motifs is 2. The van der Waals surface area contributed by atoms with Crippen molar-refractivity contribution in [3.8, 4) is 0 Å². The summed E-state index contributed by atoms with van der Waals surface area (Å²) in [4.78, 5) is 16.0. The van der Waals surface area contributed by atoms with E-state index in [2.05, 4.69) is 4.98 Å². The summed E-state index contributed by atoms with van der Waals surface area (Å²) in [6, 6.07) is 2.57. The first-order valence-electron chi connectivity index (χ1n) is 6.37. The maximum atomic E-state index is 12.8. The Morgan fingerprint density at radius 1 is 1.21 bits per heavy atom.